The summed E-state index contributed by atoms with van der Waals surface area (Å²) in [5, 5.41) is 3.55. The van der Waals surface area contributed by atoms with E-state index in [0.29, 0.717) is 28.0 Å². The lowest BCUT2D eigenvalue weighted by molar-refractivity contribution is 0.0969. The van der Waals surface area contributed by atoms with Gasteiger partial charge < -0.3 is 14.5 Å². The molecule has 3 rings (SSSR count). The highest BCUT2D eigenvalue weighted by Gasteiger charge is 2.20. The molecule has 142 valence electrons. The van der Waals surface area contributed by atoms with E-state index in [0.717, 1.165) is 26.2 Å². The summed E-state index contributed by atoms with van der Waals surface area (Å²) >= 11 is 5.92. The average molecular weight is 387 g/mol. The number of para-hydroxylation sites is 2. The first-order valence-corrected chi connectivity index (χ1v) is 9.17. The molecule has 0 aromatic heterocycles. The lowest BCUT2D eigenvalue weighted by Crippen LogP contribution is -2.52. The zero-order valence-corrected chi connectivity index (χ0v) is 16.2. The number of nitrogens with one attached hydrogen (secondary N) is 1. The number of ether oxygens (including phenoxy) is 1. The van der Waals surface area contributed by atoms with Gasteiger partial charge >= 0.3 is 0 Å². The van der Waals surface area contributed by atoms with Gasteiger partial charge in [0.05, 0.1) is 7.11 Å². The van der Waals surface area contributed by atoms with Crippen molar-refractivity contribution in [1.29, 1.82) is 0 Å². The van der Waals surface area contributed by atoms with Gasteiger partial charge in [0.1, 0.15) is 11.4 Å². The van der Waals surface area contributed by atoms with Crippen LogP contribution < -0.4 is 10.1 Å². The second-order valence-corrected chi connectivity index (χ2v) is 6.80. The van der Waals surface area contributed by atoms with E-state index in [2.05, 4.69) is 22.2 Å². The number of carbonyl (C=O) groups is 1. The van der Waals surface area contributed by atoms with Gasteiger partial charge in [-0.05, 0) is 43.4 Å². The first-order valence-electron chi connectivity index (χ1n) is 8.79. The first-order chi connectivity index (χ1) is 13.1. The molecule has 2 aromatic rings. The molecule has 7 heteroatoms. The third kappa shape index (κ3) is 4.99. The number of rotatable bonds is 3. The maximum absolute atomic E-state index is 12.7. The van der Waals surface area contributed by atoms with Gasteiger partial charge in [-0.1, -0.05) is 23.7 Å². The van der Waals surface area contributed by atoms with Crippen molar-refractivity contribution in [2.24, 2.45) is 4.99 Å². The van der Waals surface area contributed by atoms with Crippen LogP contribution in [0.5, 0.6) is 5.75 Å². The van der Waals surface area contributed by atoms with E-state index < -0.39 is 0 Å². The lowest BCUT2D eigenvalue weighted by atomic mass is 10.2. The molecule has 1 N–H and O–H groups in total. The van der Waals surface area contributed by atoms with Gasteiger partial charge in [0, 0.05) is 36.8 Å². The van der Waals surface area contributed by atoms with Crippen LogP contribution in [0.4, 0.5) is 5.69 Å². The summed E-state index contributed by atoms with van der Waals surface area (Å²) in [7, 11) is 3.69. The fourth-order valence-electron chi connectivity index (χ4n) is 2.81. The van der Waals surface area contributed by atoms with Gasteiger partial charge in [-0.3, -0.25) is 10.1 Å². The Morgan fingerprint density at radius 2 is 1.74 bits per heavy atom. The van der Waals surface area contributed by atoms with Crippen molar-refractivity contribution < 1.29 is 9.53 Å². The van der Waals surface area contributed by atoms with Gasteiger partial charge in [0.25, 0.3) is 5.91 Å². The predicted octanol–water partition coefficient (Wildman–Crippen LogP) is 3.01. The maximum Gasteiger partial charge on any atom is 0.257 e. The second-order valence-electron chi connectivity index (χ2n) is 6.36. The van der Waals surface area contributed by atoms with Crippen molar-refractivity contribution in [1.82, 2.24) is 15.1 Å². The summed E-state index contributed by atoms with van der Waals surface area (Å²) < 4.78 is 5.39. The van der Waals surface area contributed by atoms with Crippen LogP contribution in [0, 0.1) is 0 Å². The molecule has 0 aliphatic carbocycles. The first kappa shape index (κ1) is 19.2. The summed E-state index contributed by atoms with van der Waals surface area (Å²) in [5.74, 6) is 0.955. The number of methoxy groups -OCH3 is 1. The van der Waals surface area contributed by atoms with Crippen molar-refractivity contribution in [3.63, 3.8) is 0 Å². The number of carbonyl (C=O) groups excluding carboxylic acids is 1. The molecule has 2 aromatic carbocycles. The van der Waals surface area contributed by atoms with Crippen molar-refractivity contribution in [2.45, 2.75) is 0 Å². The lowest BCUT2D eigenvalue weighted by Gasteiger charge is -2.34. The summed E-state index contributed by atoms with van der Waals surface area (Å²) in [6.45, 7) is 3.38. The molecule has 0 atom stereocenters. The van der Waals surface area contributed by atoms with Crippen molar-refractivity contribution >= 4 is 29.2 Å². The largest absolute Gasteiger partial charge is 0.494 e. The van der Waals surface area contributed by atoms with E-state index in [1.807, 2.05) is 24.3 Å². The minimum Gasteiger partial charge on any atom is -0.494 e. The monoisotopic (exact) mass is 386 g/mol. The molecule has 0 unspecified atom stereocenters. The van der Waals surface area contributed by atoms with Gasteiger partial charge in [0.15, 0.2) is 0 Å². The minimum absolute atomic E-state index is 0.223. The van der Waals surface area contributed by atoms with Gasteiger partial charge in [-0.15, -0.1) is 0 Å². The molecular weight excluding hydrogens is 364 g/mol. The summed E-state index contributed by atoms with van der Waals surface area (Å²) in [4.78, 5) is 21.7. The summed E-state index contributed by atoms with van der Waals surface area (Å²) in [5.41, 5.74) is 1.20. The Labute approximate surface area is 164 Å². The van der Waals surface area contributed by atoms with Crippen LogP contribution in [0.1, 0.15) is 10.4 Å². The Morgan fingerprint density at radius 3 is 2.41 bits per heavy atom. The minimum atomic E-state index is -0.223. The predicted molar refractivity (Wildman–Crippen MR) is 108 cm³/mol. The highest BCUT2D eigenvalue weighted by molar-refractivity contribution is 6.30. The molecule has 0 bridgehead atoms. The Hall–Kier alpha value is -2.57. The Balaban J connectivity index is 1.88. The van der Waals surface area contributed by atoms with Crippen molar-refractivity contribution in [3.8, 4) is 5.75 Å². The highest BCUT2D eigenvalue weighted by Crippen LogP contribution is 2.26. The standard InChI is InChI=1S/C20H23ClN4O2/c1-24-11-13-25(14-12-24)20(22-17-5-3-4-6-18(17)27-2)23-19(26)15-7-9-16(21)10-8-15/h3-10H,11-14H2,1-2H3,(H,22,23,26). The second kappa shape index (κ2) is 8.88. The zero-order chi connectivity index (χ0) is 19.2. The SMILES string of the molecule is COc1ccccc1N=C(NC(=O)c1ccc(Cl)cc1)N1CCN(C)CC1. The average Bonchev–Trinajstić information content (AvgIpc) is 2.69. The summed E-state index contributed by atoms with van der Waals surface area (Å²) in [6.07, 6.45) is 0. The van der Waals surface area contributed by atoms with E-state index in [1.165, 1.54) is 0 Å². The number of piperazine rings is 1. The molecule has 0 spiro atoms. The number of aliphatic imine (C=N–C) groups is 1. The van der Waals surface area contributed by atoms with E-state index >= 15 is 0 Å². The number of amides is 1. The zero-order valence-electron chi connectivity index (χ0n) is 15.5. The van der Waals surface area contributed by atoms with Crippen LogP contribution in [-0.2, 0) is 0 Å². The van der Waals surface area contributed by atoms with Crippen LogP contribution in [0.2, 0.25) is 5.02 Å². The van der Waals surface area contributed by atoms with Crippen LogP contribution in [0.25, 0.3) is 0 Å². The molecule has 0 saturated carbocycles. The fourth-order valence-corrected chi connectivity index (χ4v) is 2.93. The highest BCUT2D eigenvalue weighted by atomic mass is 35.5. The van der Waals surface area contributed by atoms with E-state index in [-0.39, 0.29) is 5.91 Å². The number of nitrogens with zero attached hydrogens (tertiary/aromatic N) is 3. The smallest absolute Gasteiger partial charge is 0.257 e. The third-order valence-electron chi connectivity index (χ3n) is 4.45. The van der Waals surface area contributed by atoms with Crippen LogP contribution in [0.15, 0.2) is 53.5 Å². The van der Waals surface area contributed by atoms with Crippen LogP contribution >= 0.6 is 11.6 Å². The molecule has 1 aliphatic rings. The number of likely N-dealkylation sites (N-methyl/N-ethyl adjacent to an activating group) is 1. The molecule has 27 heavy (non-hydrogen) atoms. The van der Waals surface area contributed by atoms with E-state index in [1.54, 1.807) is 31.4 Å². The number of hydrogen-bond donors (Lipinski definition) is 1. The molecule has 1 fully saturated rings. The molecule has 1 saturated heterocycles. The van der Waals surface area contributed by atoms with Gasteiger partial charge in [-0.2, -0.15) is 0 Å². The van der Waals surface area contributed by atoms with Crippen LogP contribution in [-0.4, -0.2) is 62.0 Å². The molecular formula is C20H23ClN4O2. The Morgan fingerprint density at radius 1 is 1.07 bits per heavy atom. The Kier molecular flexibility index (Phi) is 6.32. The van der Waals surface area contributed by atoms with Crippen LogP contribution in [0.3, 0.4) is 0 Å². The number of hydrogen-bond acceptors (Lipinski definition) is 4. The summed E-state index contributed by atoms with van der Waals surface area (Å²) in [6, 6.07) is 14.3. The van der Waals surface area contributed by atoms with Crippen molar-refractivity contribution in [2.75, 3.05) is 40.3 Å². The van der Waals surface area contributed by atoms with Gasteiger partial charge in [-0.25, -0.2) is 4.99 Å². The quantitative estimate of drug-likeness (QED) is 0.650. The maximum atomic E-state index is 12.7. The topological polar surface area (TPSA) is 57.2 Å². The van der Waals surface area contributed by atoms with E-state index in [9.17, 15) is 4.79 Å². The molecule has 1 aliphatic heterocycles. The fraction of sp³-hybridized carbons (Fsp3) is 0.300. The number of halogens is 1. The Bertz CT molecular complexity index is 815. The molecule has 0 radical (unpaired) electrons. The molecule has 1 amide bonds. The molecule has 6 nitrogen and oxygen atoms in total. The van der Waals surface area contributed by atoms with E-state index in [4.69, 9.17) is 21.3 Å². The number of benzene rings is 2. The van der Waals surface area contributed by atoms with Crippen molar-refractivity contribution in [3.05, 3.63) is 59.1 Å². The van der Waals surface area contributed by atoms with Gasteiger partial charge in [0.2, 0.25) is 5.96 Å². The molecule has 1 heterocycles. The third-order valence-corrected chi connectivity index (χ3v) is 4.70. The normalized spacial score (nSPS) is 15.5. The number of guanidine groups is 1.